The van der Waals surface area contributed by atoms with E-state index in [0.29, 0.717) is 0 Å². The van der Waals surface area contributed by atoms with Gasteiger partial charge in [0.2, 0.25) is 0 Å². The first-order valence-electron chi connectivity index (χ1n) is 5.73. The number of esters is 1. The van der Waals surface area contributed by atoms with E-state index in [1.165, 1.54) is 12.1 Å². The molecule has 106 valence electrons. The molecule has 1 aromatic heterocycles. The molecule has 0 saturated heterocycles. The molecule has 7 heteroatoms. The molecule has 0 aliphatic carbocycles. The van der Waals surface area contributed by atoms with Gasteiger partial charge in [0.15, 0.2) is 11.4 Å². The highest BCUT2D eigenvalue weighted by Crippen LogP contribution is 2.16. The number of pyridine rings is 1. The van der Waals surface area contributed by atoms with Gasteiger partial charge in [0.1, 0.15) is 5.75 Å². The second-order valence-electron chi connectivity index (χ2n) is 3.94. The minimum absolute atomic E-state index is 0.200. The zero-order valence-corrected chi connectivity index (χ0v) is 10.5. The van der Waals surface area contributed by atoms with Crippen molar-refractivity contribution in [3.63, 3.8) is 0 Å². The molecule has 0 fully saturated rings. The van der Waals surface area contributed by atoms with Gasteiger partial charge in [0, 0.05) is 12.1 Å². The third kappa shape index (κ3) is 3.41. The van der Waals surface area contributed by atoms with Gasteiger partial charge in [-0.05, 0) is 12.1 Å². The highest BCUT2D eigenvalue weighted by molar-refractivity contribution is 5.93. The molecule has 2 aromatic rings. The number of hydrogen-bond donors (Lipinski definition) is 2. The van der Waals surface area contributed by atoms with Crippen molar-refractivity contribution in [2.45, 2.75) is 0 Å². The van der Waals surface area contributed by atoms with Crippen LogP contribution in [-0.2, 0) is 0 Å². The summed E-state index contributed by atoms with van der Waals surface area (Å²) in [4.78, 5) is 37.0. The zero-order chi connectivity index (χ0) is 15.4. The summed E-state index contributed by atoms with van der Waals surface area (Å²) in [5.74, 6) is -3.77. The van der Waals surface area contributed by atoms with E-state index in [1.54, 1.807) is 18.2 Å². The van der Waals surface area contributed by atoms with E-state index in [1.807, 2.05) is 0 Å². The van der Waals surface area contributed by atoms with E-state index in [9.17, 15) is 14.4 Å². The molecule has 1 heterocycles. The Kier molecular flexibility index (Phi) is 3.94. The number of aromatic carboxylic acids is 2. The average molecular weight is 287 g/mol. The second-order valence-corrected chi connectivity index (χ2v) is 3.94. The van der Waals surface area contributed by atoms with Crippen molar-refractivity contribution in [3.8, 4) is 5.75 Å². The molecule has 0 saturated carbocycles. The van der Waals surface area contributed by atoms with E-state index in [-0.39, 0.29) is 11.3 Å². The Morgan fingerprint density at radius 3 is 1.90 bits per heavy atom. The van der Waals surface area contributed by atoms with Crippen molar-refractivity contribution in [3.05, 3.63) is 59.4 Å². The predicted octanol–water partition coefficient (Wildman–Crippen LogP) is 1.70. The van der Waals surface area contributed by atoms with Crippen LogP contribution in [0, 0.1) is 0 Å². The Balaban J connectivity index is 2.33. The van der Waals surface area contributed by atoms with Gasteiger partial charge in [-0.1, -0.05) is 18.2 Å². The normalized spacial score (nSPS) is 9.90. The maximum atomic E-state index is 11.8. The highest BCUT2D eigenvalue weighted by atomic mass is 16.5. The zero-order valence-electron chi connectivity index (χ0n) is 10.5. The van der Waals surface area contributed by atoms with Gasteiger partial charge in [-0.25, -0.2) is 19.4 Å². The summed E-state index contributed by atoms with van der Waals surface area (Å²) in [5, 5.41) is 17.7. The van der Waals surface area contributed by atoms with Crippen LogP contribution in [0.5, 0.6) is 5.75 Å². The Bertz CT molecular complexity index is 678. The average Bonchev–Trinajstić information content (AvgIpc) is 2.47. The van der Waals surface area contributed by atoms with Crippen LogP contribution in [0.2, 0.25) is 0 Å². The van der Waals surface area contributed by atoms with Crippen LogP contribution >= 0.6 is 0 Å². The molecule has 0 unspecified atom stereocenters. The Morgan fingerprint density at radius 2 is 1.43 bits per heavy atom. The number of nitrogens with zero attached hydrogens (tertiary/aromatic N) is 1. The molecular weight excluding hydrogens is 278 g/mol. The maximum Gasteiger partial charge on any atom is 0.354 e. The second kappa shape index (κ2) is 5.83. The molecule has 0 spiro atoms. The van der Waals surface area contributed by atoms with Crippen LogP contribution in [0.25, 0.3) is 0 Å². The van der Waals surface area contributed by atoms with Gasteiger partial charge < -0.3 is 14.9 Å². The number of carboxylic acid groups (broad SMARTS) is 2. The molecule has 0 atom stereocenters. The van der Waals surface area contributed by atoms with Gasteiger partial charge in [0.05, 0.1) is 5.56 Å². The summed E-state index contributed by atoms with van der Waals surface area (Å²) >= 11 is 0. The number of rotatable bonds is 4. The summed E-state index contributed by atoms with van der Waals surface area (Å²) in [7, 11) is 0. The number of hydrogen-bond acceptors (Lipinski definition) is 5. The number of carbonyl (C=O) groups is 3. The first kappa shape index (κ1) is 14.2. The van der Waals surface area contributed by atoms with Crippen LogP contribution in [0.3, 0.4) is 0 Å². The van der Waals surface area contributed by atoms with Crippen molar-refractivity contribution >= 4 is 17.9 Å². The summed E-state index contributed by atoms with van der Waals surface area (Å²) in [6, 6.07) is 9.97. The van der Waals surface area contributed by atoms with Crippen LogP contribution in [0.4, 0.5) is 0 Å². The van der Waals surface area contributed by atoms with Gasteiger partial charge >= 0.3 is 17.9 Å². The van der Waals surface area contributed by atoms with Gasteiger partial charge in [0.25, 0.3) is 0 Å². The van der Waals surface area contributed by atoms with Crippen LogP contribution < -0.4 is 4.74 Å². The minimum Gasteiger partial charge on any atom is -0.477 e. The van der Waals surface area contributed by atoms with Gasteiger partial charge in [-0.2, -0.15) is 0 Å². The number of aromatic nitrogens is 1. The van der Waals surface area contributed by atoms with E-state index in [2.05, 4.69) is 4.98 Å². The lowest BCUT2D eigenvalue weighted by molar-refractivity contribution is 0.0670. The number of carboxylic acids is 2. The number of carbonyl (C=O) groups excluding carboxylic acids is 1. The van der Waals surface area contributed by atoms with Crippen molar-refractivity contribution in [2.24, 2.45) is 0 Å². The van der Waals surface area contributed by atoms with Crippen molar-refractivity contribution < 1.29 is 29.3 Å². The van der Waals surface area contributed by atoms with Crippen molar-refractivity contribution in [1.29, 1.82) is 0 Å². The molecule has 0 aliphatic heterocycles. The minimum atomic E-state index is -1.42. The summed E-state index contributed by atoms with van der Waals surface area (Å²) in [5.41, 5.74) is -0.792. The fourth-order valence-corrected chi connectivity index (χ4v) is 1.52. The summed E-state index contributed by atoms with van der Waals surface area (Å²) in [6.07, 6.45) is 0. The lowest BCUT2D eigenvalue weighted by Crippen LogP contribution is -2.12. The largest absolute Gasteiger partial charge is 0.477 e. The van der Waals surface area contributed by atoms with Crippen LogP contribution in [0.1, 0.15) is 31.3 Å². The van der Waals surface area contributed by atoms with E-state index >= 15 is 0 Å². The molecule has 7 nitrogen and oxygen atoms in total. The molecule has 1 aromatic carbocycles. The molecule has 2 rings (SSSR count). The van der Waals surface area contributed by atoms with E-state index in [0.717, 1.165) is 12.1 Å². The van der Waals surface area contributed by atoms with Crippen molar-refractivity contribution in [1.82, 2.24) is 4.98 Å². The fraction of sp³-hybridized carbons (Fsp3) is 0. The van der Waals surface area contributed by atoms with Crippen molar-refractivity contribution in [2.75, 3.05) is 0 Å². The smallest absolute Gasteiger partial charge is 0.354 e. The maximum absolute atomic E-state index is 11.8. The quantitative estimate of drug-likeness (QED) is 0.822. The Morgan fingerprint density at radius 1 is 0.905 bits per heavy atom. The lowest BCUT2D eigenvalue weighted by Gasteiger charge is -2.06. The van der Waals surface area contributed by atoms with E-state index < -0.39 is 29.3 Å². The molecule has 0 radical (unpaired) electrons. The molecule has 0 aliphatic rings. The van der Waals surface area contributed by atoms with Crippen LogP contribution in [0.15, 0.2) is 42.5 Å². The first-order valence-corrected chi connectivity index (χ1v) is 5.73. The Hall–Kier alpha value is -3.22. The predicted molar refractivity (Wildman–Crippen MR) is 69.6 cm³/mol. The lowest BCUT2D eigenvalue weighted by atomic mass is 10.2. The monoisotopic (exact) mass is 287 g/mol. The topological polar surface area (TPSA) is 114 Å². The summed E-state index contributed by atoms with van der Waals surface area (Å²) in [6.45, 7) is 0. The summed E-state index contributed by atoms with van der Waals surface area (Å²) < 4.78 is 4.98. The number of benzene rings is 1. The third-order valence-corrected chi connectivity index (χ3v) is 2.46. The Labute approximate surface area is 118 Å². The molecule has 2 N–H and O–H groups in total. The van der Waals surface area contributed by atoms with Gasteiger partial charge in [-0.3, -0.25) is 0 Å². The SMILES string of the molecule is O=C(Oc1cc(C(=O)O)nc(C(=O)O)c1)c1ccccc1. The fourth-order valence-electron chi connectivity index (χ4n) is 1.52. The molecule has 0 bridgehead atoms. The first-order chi connectivity index (χ1) is 9.97. The number of ether oxygens (including phenoxy) is 1. The van der Waals surface area contributed by atoms with Gasteiger partial charge in [-0.15, -0.1) is 0 Å². The standard InChI is InChI=1S/C14H9NO6/c16-12(17)10-6-9(7-11(15-10)13(18)19)21-14(20)8-4-2-1-3-5-8/h1-7H,(H,16,17)(H,18,19). The molecule has 21 heavy (non-hydrogen) atoms. The molecular formula is C14H9NO6. The third-order valence-electron chi connectivity index (χ3n) is 2.46. The molecule has 0 amide bonds. The highest BCUT2D eigenvalue weighted by Gasteiger charge is 2.16. The van der Waals surface area contributed by atoms with Crippen LogP contribution in [-0.4, -0.2) is 33.1 Å². The van der Waals surface area contributed by atoms with E-state index in [4.69, 9.17) is 14.9 Å².